The number of benzene rings is 1. The van der Waals surface area contributed by atoms with Crippen LogP contribution in [0.15, 0.2) is 30.3 Å². The molecule has 136 valence electrons. The van der Waals surface area contributed by atoms with Crippen molar-refractivity contribution in [2.75, 3.05) is 5.32 Å². The maximum atomic E-state index is 9.71. The third kappa shape index (κ3) is 2.18. The molecule has 4 aliphatic rings. The zero-order chi connectivity index (χ0) is 18.2. The molecule has 27 heavy (non-hydrogen) atoms. The van der Waals surface area contributed by atoms with Crippen molar-refractivity contribution in [1.82, 2.24) is 9.38 Å². The Kier molecular flexibility index (Phi) is 3.02. The largest absolute Gasteiger partial charge is 0.366 e. The quantitative estimate of drug-likeness (QED) is 0.699. The van der Waals surface area contributed by atoms with Crippen LogP contribution in [0.4, 0.5) is 5.82 Å². The van der Waals surface area contributed by atoms with Crippen LogP contribution in [-0.2, 0) is 0 Å². The molecule has 0 saturated heterocycles. The molecule has 0 radical (unpaired) electrons. The zero-order valence-corrected chi connectivity index (χ0v) is 15.7. The number of hydrogen-bond acceptors (Lipinski definition) is 3. The molecule has 0 aliphatic heterocycles. The van der Waals surface area contributed by atoms with Crippen LogP contribution >= 0.6 is 0 Å². The normalized spacial score (nSPS) is 31.5. The number of nitriles is 1. The summed E-state index contributed by atoms with van der Waals surface area (Å²) in [5, 5.41) is 13.7. The maximum Gasteiger partial charge on any atom is 0.157 e. The fourth-order valence-electron chi connectivity index (χ4n) is 6.72. The summed E-state index contributed by atoms with van der Waals surface area (Å²) in [6, 6.07) is 12.7. The monoisotopic (exact) mass is 356 g/mol. The highest BCUT2D eigenvalue weighted by Crippen LogP contribution is 2.56. The zero-order valence-electron chi connectivity index (χ0n) is 15.7. The molecular weight excluding hydrogens is 332 g/mol. The second-order valence-corrected chi connectivity index (χ2v) is 9.28. The minimum atomic E-state index is 0.230. The van der Waals surface area contributed by atoms with Crippen molar-refractivity contribution in [3.63, 3.8) is 0 Å². The molecule has 0 unspecified atom stereocenters. The van der Waals surface area contributed by atoms with Crippen molar-refractivity contribution < 1.29 is 0 Å². The van der Waals surface area contributed by atoms with E-state index in [2.05, 4.69) is 34.0 Å². The molecule has 0 atom stereocenters. The van der Waals surface area contributed by atoms with E-state index in [1.807, 2.05) is 19.1 Å². The summed E-state index contributed by atoms with van der Waals surface area (Å²) in [7, 11) is 0. The predicted molar refractivity (Wildman–Crippen MR) is 107 cm³/mol. The van der Waals surface area contributed by atoms with E-state index in [4.69, 9.17) is 4.98 Å². The molecule has 4 aliphatic carbocycles. The second-order valence-electron chi connectivity index (χ2n) is 9.28. The summed E-state index contributed by atoms with van der Waals surface area (Å²) >= 11 is 0. The van der Waals surface area contributed by atoms with Crippen molar-refractivity contribution >= 4 is 22.5 Å². The van der Waals surface area contributed by atoms with Gasteiger partial charge in [0.25, 0.3) is 0 Å². The van der Waals surface area contributed by atoms with Crippen LogP contribution in [0.2, 0.25) is 0 Å². The number of rotatable bonds is 2. The lowest BCUT2D eigenvalue weighted by Gasteiger charge is -2.57. The first kappa shape index (κ1) is 15.5. The fraction of sp³-hybridized carbons (Fsp3) is 0.478. The average Bonchev–Trinajstić information content (AvgIpc) is 3.00. The summed E-state index contributed by atoms with van der Waals surface area (Å²) in [4.78, 5) is 4.80. The van der Waals surface area contributed by atoms with Gasteiger partial charge in [-0.25, -0.2) is 4.98 Å². The standard InChI is InChI=1S/C23H24N4/c1-14-6-21(26-23-10-15-7-16(11-23)9-17(8-15)12-23)27-20-5-3-2-4-19(20)25-22(27)18(14)13-24/h2-6,15-17,26H,7-12H2,1H3. The lowest BCUT2D eigenvalue weighted by Crippen LogP contribution is -2.55. The van der Waals surface area contributed by atoms with Crippen molar-refractivity contribution in [2.24, 2.45) is 17.8 Å². The van der Waals surface area contributed by atoms with Crippen molar-refractivity contribution in [1.29, 1.82) is 5.26 Å². The number of pyridine rings is 1. The Balaban J connectivity index is 1.55. The van der Waals surface area contributed by atoms with Gasteiger partial charge >= 0.3 is 0 Å². The Morgan fingerprint density at radius 1 is 1.11 bits per heavy atom. The van der Waals surface area contributed by atoms with E-state index >= 15 is 0 Å². The highest BCUT2D eigenvalue weighted by molar-refractivity contribution is 5.85. The highest BCUT2D eigenvalue weighted by Gasteiger charge is 2.51. The number of imidazole rings is 1. The molecule has 7 rings (SSSR count). The number of aromatic nitrogens is 2. The fourth-order valence-corrected chi connectivity index (χ4v) is 6.72. The minimum absolute atomic E-state index is 0.230. The summed E-state index contributed by atoms with van der Waals surface area (Å²) in [6.07, 6.45) is 8.22. The predicted octanol–water partition coefficient (Wildman–Crippen LogP) is 5.05. The Bertz CT molecular complexity index is 1080. The number of anilines is 1. The SMILES string of the molecule is Cc1cc(NC23CC4CC(CC(C4)C2)C3)n2c(nc3ccccc32)c1C#N. The van der Waals surface area contributed by atoms with Gasteiger partial charge in [-0.2, -0.15) is 5.26 Å². The molecule has 2 heterocycles. The van der Waals surface area contributed by atoms with Gasteiger partial charge in [-0.3, -0.25) is 4.40 Å². The first-order chi connectivity index (χ1) is 13.1. The number of hydrogen-bond donors (Lipinski definition) is 1. The molecule has 4 fully saturated rings. The van der Waals surface area contributed by atoms with Gasteiger partial charge in [-0.15, -0.1) is 0 Å². The van der Waals surface area contributed by atoms with E-state index in [0.717, 1.165) is 45.8 Å². The molecule has 4 heteroatoms. The Morgan fingerprint density at radius 2 is 1.78 bits per heavy atom. The van der Waals surface area contributed by atoms with E-state index < -0.39 is 0 Å². The molecule has 1 aromatic carbocycles. The van der Waals surface area contributed by atoms with Gasteiger partial charge in [0.2, 0.25) is 0 Å². The molecule has 4 saturated carbocycles. The van der Waals surface area contributed by atoms with Gasteiger partial charge in [0, 0.05) is 5.54 Å². The first-order valence-corrected chi connectivity index (χ1v) is 10.2. The number of nitrogens with one attached hydrogen (secondary N) is 1. The van der Waals surface area contributed by atoms with Gasteiger partial charge in [0.1, 0.15) is 11.9 Å². The van der Waals surface area contributed by atoms with E-state index in [0.29, 0.717) is 5.56 Å². The smallest absolute Gasteiger partial charge is 0.157 e. The van der Waals surface area contributed by atoms with Crippen LogP contribution in [0, 0.1) is 36.0 Å². The van der Waals surface area contributed by atoms with Gasteiger partial charge in [0.05, 0.1) is 16.6 Å². The Morgan fingerprint density at radius 3 is 2.44 bits per heavy atom. The average molecular weight is 356 g/mol. The maximum absolute atomic E-state index is 9.71. The van der Waals surface area contributed by atoms with Crippen LogP contribution in [0.3, 0.4) is 0 Å². The van der Waals surface area contributed by atoms with E-state index in [9.17, 15) is 5.26 Å². The summed E-state index contributed by atoms with van der Waals surface area (Å²) in [5.41, 5.74) is 4.73. The van der Waals surface area contributed by atoms with Gasteiger partial charge in [0.15, 0.2) is 5.65 Å². The van der Waals surface area contributed by atoms with Crippen LogP contribution in [-0.4, -0.2) is 14.9 Å². The molecule has 2 aromatic heterocycles. The van der Waals surface area contributed by atoms with Crippen molar-refractivity contribution in [3.05, 3.63) is 41.5 Å². The molecule has 3 aromatic rings. The lowest BCUT2D eigenvalue weighted by molar-refractivity contribution is 0.0105. The van der Waals surface area contributed by atoms with E-state index in [-0.39, 0.29) is 5.54 Å². The third-order valence-electron chi connectivity index (χ3n) is 7.32. The molecule has 0 spiro atoms. The van der Waals surface area contributed by atoms with Gasteiger partial charge in [-0.05, 0) is 87.0 Å². The number of fused-ring (bicyclic) bond motifs is 3. The Hall–Kier alpha value is -2.54. The molecule has 4 bridgehead atoms. The topological polar surface area (TPSA) is 53.1 Å². The molecular formula is C23H24N4. The van der Waals surface area contributed by atoms with E-state index in [1.54, 1.807) is 0 Å². The molecule has 4 nitrogen and oxygen atoms in total. The number of para-hydroxylation sites is 2. The second kappa shape index (κ2) is 5.25. The summed E-state index contributed by atoms with van der Waals surface area (Å²) in [5.74, 6) is 3.81. The van der Waals surface area contributed by atoms with Gasteiger partial charge in [-0.1, -0.05) is 12.1 Å². The minimum Gasteiger partial charge on any atom is -0.366 e. The van der Waals surface area contributed by atoms with Crippen LogP contribution in [0.1, 0.15) is 49.7 Å². The van der Waals surface area contributed by atoms with E-state index in [1.165, 1.54) is 38.5 Å². The first-order valence-electron chi connectivity index (χ1n) is 10.2. The van der Waals surface area contributed by atoms with Crippen LogP contribution in [0.25, 0.3) is 16.7 Å². The summed E-state index contributed by atoms with van der Waals surface area (Å²) in [6.45, 7) is 2.03. The highest BCUT2D eigenvalue weighted by atomic mass is 15.2. The van der Waals surface area contributed by atoms with Crippen molar-refractivity contribution in [2.45, 2.75) is 51.0 Å². The number of nitrogens with zero attached hydrogens (tertiary/aromatic N) is 3. The van der Waals surface area contributed by atoms with Crippen LogP contribution in [0.5, 0.6) is 0 Å². The molecule has 1 N–H and O–H groups in total. The summed E-state index contributed by atoms with van der Waals surface area (Å²) < 4.78 is 2.18. The Labute approximate surface area is 159 Å². The third-order valence-corrected chi connectivity index (χ3v) is 7.32. The number of aryl methyl sites for hydroxylation is 1. The van der Waals surface area contributed by atoms with Crippen molar-refractivity contribution in [3.8, 4) is 6.07 Å². The van der Waals surface area contributed by atoms with Gasteiger partial charge < -0.3 is 5.32 Å². The lowest BCUT2D eigenvalue weighted by atomic mass is 9.53. The van der Waals surface area contributed by atoms with Crippen LogP contribution < -0.4 is 5.32 Å². The molecule has 0 amide bonds.